The fraction of sp³-hybridized carbons (Fsp3) is 0.368. The van der Waals surface area contributed by atoms with E-state index in [1.165, 1.54) is 12.8 Å². The second-order valence-corrected chi connectivity index (χ2v) is 8.20. The van der Waals surface area contributed by atoms with Crippen LogP contribution in [0.5, 0.6) is 0 Å². The van der Waals surface area contributed by atoms with Crippen molar-refractivity contribution in [3.63, 3.8) is 0 Å². The molecule has 4 nitrogen and oxygen atoms in total. The van der Waals surface area contributed by atoms with Gasteiger partial charge in [-0.05, 0) is 55.5 Å². The lowest BCUT2D eigenvalue weighted by atomic mass is 10.1. The summed E-state index contributed by atoms with van der Waals surface area (Å²) in [5.41, 5.74) is 4.52. The monoisotopic (exact) mass is 344 g/mol. The molecule has 5 heteroatoms. The standard InChI is InChI=1S/C19H24N2O2S/c1-15-7-3-4-8-17(15)14-24(22,23)20-19-13-18(10-9-16(19)2)21-11-5-6-12-21/h3-4,7-10,13,20H,5-6,11-12,14H2,1-2H3. The molecule has 0 amide bonds. The van der Waals surface area contributed by atoms with E-state index < -0.39 is 10.0 Å². The minimum atomic E-state index is -3.44. The number of benzene rings is 2. The first-order chi connectivity index (χ1) is 11.4. The molecule has 128 valence electrons. The van der Waals surface area contributed by atoms with Gasteiger partial charge in [0, 0.05) is 18.8 Å². The predicted octanol–water partition coefficient (Wildman–Crippen LogP) is 3.85. The van der Waals surface area contributed by atoms with Crippen LogP contribution in [0.15, 0.2) is 42.5 Å². The van der Waals surface area contributed by atoms with Gasteiger partial charge in [0.15, 0.2) is 0 Å². The molecule has 0 aromatic heterocycles. The van der Waals surface area contributed by atoms with Crippen LogP contribution in [0.3, 0.4) is 0 Å². The summed E-state index contributed by atoms with van der Waals surface area (Å²) >= 11 is 0. The lowest BCUT2D eigenvalue weighted by Gasteiger charge is -2.20. The smallest absolute Gasteiger partial charge is 0.236 e. The van der Waals surface area contributed by atoms with E-state index in [9.17, 15) is 8.42 Å². The molecule has 2 aromatic carbocycles. The number of nitrogens with one attached hydrogen (secondary N) is 1. The molecule has 1 N–H and O–H groups in total. The Bertz CT molecular complexity index is 825. The maximum Gasteiger partial charge on any atom is 0.236 e. The number of hydrogen-bond donors (Lipinski definition) is 1. The molecule has 0 aliphatic carbocycles. The molecule has 0 spiro atoms. The second kappa shape index (κ2) is 6.85. The van der Waals surface area contributed by atoms with Gasteiger partial charge in [-0.15, -0.1) is 0 Å². The molecule has 3 rings (SSSR count). The average Bonchev–Trinajstić information content (AvgIpc) is 3.06. The third-order valence-corrected chi connectivity index (χ3v) is 5.79. The van der Waals surface area contributed by atoms with Crippen molar-refractivity contribution >= 4 is 21.4 Å². The lowest BCUT2D eigenvalue weighted by Crippen LogP contribution is -2.19. The maximum absolute atomic E-state index is 12.6. The SMILES string of the molecule is Cc1ccccc1CS(=O)(=O)Nc1cc(N2CCCC2)ccc1C. The first-order valence-corrected chi connectivity index (χ1v) is 10.0. The molecule has 0 unspecified atom stereocenters. The molecular weight excluding hydrogens is 320 g/mol. The van der Waals surface area contributed by atoms with Gasteiger partial charge in [-0.1, -0.05) is 30.3 Å². The normalized spacial score (nSPS) is 14.8. The van der Waals surface area contributed by atoms with Crippen LogP contribution in [0.4, 0.5) is 11.4 Å². The Kier molecular flexibility index (Phi) is 4.81. The Labute approximate surface area is 144 Å². The number of rotatable bonds is 5. The Morgan fingerprint density at radius 1 is 1.00 bits per heavy atom. The summed E-state index contributed by atoms with van der Waals surface area (Å²) in [5.74, 6) is -0.00689. The summed E-state index contributed by atoms with van der Waals surface area (Å²) in [6, 6.07) is 13.6. The molecule has 1 aliphatic rings. The van der Waals surface area contributed by atoms with Gasteiger partial charge in [0.2, 0.25) is 10.0 Å². The fourth-order valence-electron chi connectivity index (χ4n) is 3.07. The molecule has 24 heavy (non-hydrogen) atoms. The van der Waals surface area contributed by atoms with Gasteiger partial charge in [-0.25, -0.2) is 8.42 Å². The number of anilines is 2. The van der Waals surface area contributed by atoms with Crippen LogP contribution in [0.1, 0.15) is 29.5 Å². The first kappa shape index (κ1) is 16.8. The highest BCUT2D eigenvalue weighted by Crippen LogP contribution is 2.27. The van der Waals surface area contributed by atoms with Crippen molar-refractivity contribution < 1.29 is 8.42 Å². The van der Waals surface area contributed by atoms with E-state index >= 15 is 0 Å². The van der Waals surface area contributed by atoms with E-state index in [2.05, 4.69) is 15.7 Å². The average molecular weight is 344 g/mol. The van der Waals surface area contributed by atoms with Crippen LogP contribution in [0.25, 0.3) is 0 Å². The number of nitrogens with zero attached hydrogens (tertiary/aromatic N) is 1. The van der Waals surface area contributed by atoms with E-state index in [-0.39, 0.29) is 5.75 Å². The topological polar surface area (TPSA) is 49.4 Å². The Hall–Kier alpha value is -2.01. The second-order valence-electron chi connectivity index (χ2n) is 6.48. The summed E-state index contributed by atoms with van der Waals surface area (Å²) in [4.78, 5) is 2.30. The highest BCUT2D eigenvalue weighted by atomic mass is 32.2. The summed E-state index contributed by atoms with van der Waals surface area (Å²) in [5, 5.41) is 0. The Morgan fingerprint density at radius 2 is 1.71 bits per heavy atom. The molecule has 0 saturated carbocycles. The summed E-state index contributed by atoms with van der Waals surface area (Å²) in [6.45, 7) is 5.94. The van der Waals surface area contributed by atoms with E-state index in [0.717, 1.165) is 35.5 Å². The van der Waals surface area contributed by atoms with E-state index in [1.54, 1.807) is 0 Å². The zero-order chi connectivity index (χ0) is 17.2. The van der Waals surface area contributed by atoms with Crippen molar-refractivity contribution in [2.45, 2.75) is 32.4 Å². The summed E-state index contributed by atoms with van der Waals surface area (Å²) in [6.07, 6.45) is 2.39. The maximum atomic E-state index is 12.6. The van der Waals surface area contributed by atoms with Gasteiger partial charge in [0.1, 0.15) is 0 Å². The molecule has 1 fully saturated rings. The quantitative estimate of drug-likeness (QED) is 0.896. The van der Waals surface area contributed by atoms with Crippen LogP contribution < -0.4 is 9.62 Å². The third-order valence-electron chi connectivity index (χ3n) is 4.56. The predicted molar refractivity (Wildman–Crippen MR) is 100 cm³/mol. The van der Waals surface area contributed by atoms with Gasteiger partial charge in [0.05, 0.1) is 11.4 Å². The summed E-state index contributed by atoms with van der Waals surface area (Å²) in [7, 11) is -3.44. The minimum absolute atomic E-state index is 0.00689. The number of hydrogen-bond acceptors (Lipinski definition) is 3. The van der Waals surface area contributed by atoms with Crippen LogP contribution in [0, 0.1) is 13.8 Å². The van der Waals surface area contributed by atoms with Crippen molar-refractivity contribution in [3.8, 4) is 0 Å². The Balaban J connectivity index is 1.81. The number of sulfonamides is 1. The Morgan fingerprint density at radius 3 is 2.42 bits per heavy atom. The van der Waals surface area contributed by atoms with Gasteiger partial charge in [-0.3, -0.25) is 4.72 Å². The minimum Gasteiger partial charge on any atom is -0.371 e. The van der Waals surface area contributed by atoms with Gasteiger partial charge in [0.25, 0.3) is 0 Å². The molecule has 2 aromatic rings. The molecule has 1 saturated heterocycles. The highest BCUT2D eigenvalue weighted by Gasteiger charge is 2.17. The van der Waals surface area contributed by atoms with Crippen LogP contribution >= 0.6 is 0 Å². The molecule has 1 heterocycles. The van der Waals surface area contributed by atoms with Crippen molar-refractivity contribution in [2.24, 2.45) is 0 Å². The third kappa shape index (κ3) is 3.90. The lowest BCUT2D eigenvalue weighted by molar-refractivity contribution is 0.600. The molecule has 0 bridgehead atoms. The van der Waals surface area contributed by atoms with Gasteiger partial charge < -0.3 is 4.90 Å². The van der Waals surface area contributed by atoms with Crippen LogP contribution in [-0.4, -0.2) is 21.5 Å². The van der Waals surface area contributed by atoms with Crippen molar-refractivity contribution in [1.29, 1.82) is 0 Å². The molecule has 1 aliphatic heterocycles. The first-order valence-electron chi connectivity index (χ1n) is 8.35. The highest BCUT2D eigenvalue weighted by molar-refractivity contribution is 7.91. The van der Waals surface area contributed by atoms with Gasteiger partial charge >= 0.3 is 0 Å². The molecule has 0 radical (unpaired) electrons. The van der Waals surface area contributed by atoms with Crippen LogP contribution in [0.2, 0.25) is 0 Å². The van der Waals surface area contributed by atoms with Crippen LogP contribution in [-0.2, 0) is 15.8 Å². The van der Waals surface area contributed by atoms with Crippen molar-refractivity contribution in [1.82, 2.24) is 0 Å². The largest absolute Gasteiger partial charge is 0.371 e. The number of aryl methyl sites for hydroxylation is 2. The van der Waals surface area contributed by atoms with E-state index in [1.807, 2.05) is 50.2 Å². The fourth-order valence-corrected chi connectivity index (χ4v) is 4.43. The zero-order valence-corrected chi connectivity index (χ0v) is 15.1. The molecule has 0 atom stereocenters. The summed E-state index contributed by atoms with van der Waals surface area (Å²) < 4.78 is 27.9. The van der Waals surface area contributed by atoms with Gasteiger partial charge in [-0.2, -0.15) is 0 Å². The zero-order valence-electron chi connectivity index (χ0n) is 14.2. The van der Waals surface area contributed by atoms with Crippen molar-refractivity contribution in [2.75, 3.05) is 22.7 Å². The van der Waals surface area contributed by atoms with E-state index in [0.29, 0.717) is 5.69 Å². The van der Waals surface area contributed by atoms with E-state index in [4.69, 9.17) is 0 Å². The molecular formula is C19H24N2O2S. The van der Waals surface area contributed by atoms with Crippen molar-refractivity contribution in [3.05, 3.63) is 59.2 Å².